The zero-order valence-electron chi connectivity index (χ0n) is 16.3. The average Bonchev–Trinajstić information content (AvgIpc) is 2.62. The third-order valence-corrected chi connectivity index (χ3v) is 5.47. The number of ether oxygens (including phenoxy) is 1. The third kappa shape index (κ3) is 4.80. The number of anilines is 1. The summed E-state index contributed by atoms with van der Waals surface area (Å²) in [6, 6.07) is 9.81. The minimum absolute atomic E-state index is 0.00233. The average molecular weight is 391 g/mol. The quantitative estimate of drug-likeness (QED) is 0.758. The molecular formula is C20H26N2O4S. The van der Waals surface area contributed by atoms with E-state index in [-0.39, 0.29) is 22.4 Å². The van der Waals surface area contributed by atoms with Crippen molar-refractivity contribution in [1.29, 1.82) is 0 Å². The number of sulfonamides is 1. The maximum atomic E-state index is 12.9. The highest BCUT2D eigenvalue weighted by atomic mass is 32.2. The molecule has 0 atom stereocenters. The molecule has 0 bridgehead atoms. The summed E-state index contributed by atoms with van der Waals surface area (Å²) in [4.78, 5) is 12.4. The fourth-order valence-electron chi connectivity index (χ4n) is 2.73. The van der Waals surface area contributed by atoms with Crippen molar-refractivity contribution in [2.45, 2.75) is 45.1 Å². The van der Waals surface area contributed by atoms with Gasteiger partial charge in [-0.15, -0.1) is 0 Å². The van der Waals surface area contributed by atoms with E-state index < -0.39 is 10.0 Å². The fourth-order valence-corrected chi connectivity index (χ4v) is 3.93. The molecule has 2 aromatic rings. The van der Waals surface area contributed by atoms with E-state index in [9.17, 15) is 13.2 Å². The first-order valence-electron chi connectivity index (χ1n) is 8.79. The smallest absolute Gasteiger partial charge is 0.261 e. The monoisotopic (exact) mass is 390 g/mol. The van der Waals surface area contributed by atoms with Gasteiger partial charge in [-0.05, 0) is 56.5 Å². The minimum atomic E-state index is -3.86. The van der Waals surface area contributed by atoms with Gasteiger partial charge in [0.2, 0.25) is 0 Å². The summed E-state index contributed by atoms with van der Waals surface area (Å²) in [6.07, 6.45) is 0.699. The Labute approximate surface area is 161 Å². The molecule has 0 fully saturated rings. The number of nitrogens with one attached hydrogen (secondary N) is 2. The van der Waals surface area contributed by atoms with E-state index in [0.717, 1.165) is 11.1 Å². The predicted molar refractivity (Wildman–Crippen MR) is 107 cm³/mol. The van der Waals surface area contributed by atoms with Crippen LogP contribution in [0.4, 0.5) is 5.69 Å². The van der Waals surface area contributed by atoms with Gasteiger partial charge in [-0.3, -0.25) is 9.52 Å². The third-order valence-electron chi connectivity index (χ3n) is 4.12. The number of methoxy groups -OCH3 is 1. The molecule has 2 aromatic carbocycles. The first kappa shape index (κ1) is 20.8. The van der Waals surface area contributed by atoms with E-state index in [4.69, 9.17) is 4.74 Å². The summed E-state index contributed by atoms with van der Waals surface area (Å²) in [5.41, 5.74) is 2.49. The topological polar surface area (TPSA) is 84.5 Å². The van der Waals surface area contributed by atoms with Crippen molar-refractivity contribution in [3.05, 3.63) is 53.1 Å². The van der Waals surface area contributed by atoms with E-state index in [0.29, 0.717) is 17.9 Å². The largest absolute Gasteiger partial charge is 0.496 e. The van der Waals surface area contributed by atoms with Gasteiger partial charge in [0.25, 0.3) is 15.9 Å². The molecule has 7 heteroatoms. The molecule has 0 aliphatic rings. The van der Waals surface area contributed by atoms with Gasteiger partial charge >= 0.3 is 0 Å². The summed E-state index contributed by atoms with van der Waals surface area (Å²) in [7, 11) is -2.42. The van der Waals surface area contributed by atoms with Crippen LogP contribution in [-0.4, -0.2) is 27.5 Å². The molecule has 0 spiro atoms. The summed E-state index contributed by atoms with van der Waals surface area (Å²) in [5, 5.41) is 2.76. The Hall–Kier alpha value is -2.54. The molecule has 6 nitrogen and oxygen atoms in total. The van der Waals surface area contributed by atoms with Crippen LogP contribution in [0, 0.1) is 6.92 Å². The standard InChI is InChI=1S/C20H26N2O4S/c1-6-15-9-7-8-14(4)19(15)22-27(24,25)16-10-11-18(26-5)17(12-16)20(23)21-13(2)3/h7-13,22H,6H2,1-5H3,(H,21,23). The maximum Gasteiger partial charge on any atom is 0.261 e. The van der Waals surface area contributed by atoms with Crippen molar-refractivity contribution < 1.29 is 17.9 Å². The Morgan fingerprint density at radius 1 is 1.19 bits per heavy atom. The van der Waals surface area contributed by atoms with Gasteiger partial charge in [0.1, 0.15) is 5.75 Å². The first-order chi connectivity index (χ1) is 12.7. The molecule has 0 heterocycles. The van der Waals surface area contributed by atoms with Crippen LogP contribution in [0.5, 0.6) is 5.75 Å². The maximum absolute atomic E-state index is 12.9. The lowest BCUT2D eigenvalue weighted by molar-refractivity contribution is 0.0940. The zero-order chi connectivity index (χ0) is 20.2. The minimum Gasteiger partial charge on any atom is -0.496 e. The number of benzene rings is 2. The van der Waals surface area contributed by atoms with Gasteiger partial charge in [0.15, 0.2) is 0 Å². The van der Waals surface area contributed by atoms with Crippen LogP contribution in [0.2, 0.25) is 0 Å². The molecule has 0 aliphatic carbocycles. The Balaban J connectivity index is 2.46. The zero-order valence-corrected chi connectivity index (χ0v) is 17.1. The number of para-hydroxylation sites is 1. The van der Waals surface area contributed by atoms with E-state index >= 15 is 0 Å². The molecule has 0 unspecified atom stereocenters. The lowest BCUT2D eigenvalue weighted by Gasteiger charge is -2.16. The molecular weight excluding hydrogens is 364 g/mol. The molecule has 0 radical (unpaired) electrons. The number of amides is 1. The van der Waals surface area contributed by atoms with Crippen molar-refractivity contribution in [2.75, 3.05) is 11.8 Å². The molecule has 0 aromatic heterocycles. The number of hydrogen-bond acceptors (Lipinski definition) is 4. The number of carbonyl (C=O) groups is 1. The lowest BCUT2D eigenvalue weighted by Crippen LogP contribution is -2.30. The van der Waals surface area contributed by atoms with Crippen LogP contribution in [-0.2, 0) is 16.4 Å². The highest BCUT2D eigenvalue weighted by Gasteiger charge is 2.21. The van der Waals surface area contributed by atoms with Gasteiger partial charge in [0.05, 0.1) is 23.3 Å². The van der Waals surface area contributed by atoms with Crippen LogP contribution in [0.1, 0.15) is 42.3 Å². The SMILES string of the molecule is CCc1cccc(C)c1NS(=O)(=O)c1ccc(OC)c(C(=O)NC(C)C)c1. The van der Waals surface area contributed by atoms with Crippen molar-refractivity contribution in [3.63, 3.8) is 0 Å². The molecule has 2 rings (SSSR count). The molecule has 0 aliphatic heterocycles. The molecule has 27 heavy (non-hydrogen) atoms. The van der Waals surface area contributed by atoms with Gasteiger partial charge < -0.3 is 10.1 Å². The van der Waals surface area contributed by atoms with Crippen molar-refractivity contribution in [1.82, 2.24) is 5.32 Å². The van der Waals surface area contributed by atoms with Crippen LogP contribution in [0.25, 0.3) is 0 Å². The molecule has 0 saturated heterocycles. The molecule has 146 valence electrons. The summed E-state index contributed by atoms with van der Waals surface area (Å²) in [6.45, 7) is 7.48. The Kier molecular flexibility index (Phi) is 6.49. The highest BCUT2D eigenvalue weighted by Crippen LogP contribution is 2.27. The number of carbonyl (C=O) groups excluding carboxylic acids is 1. The second-order valence-electron chi connectivity index (χ2n) is 6.56. The first-order valence-corrected chi connectivity index (χ1v) is 10.3. The normalized spacial score (nSPS) is 11.3. The second-order valence-corrected chi connectivity index (χ2v) is 8.24. The van der Waals surface area contributed by atoms with Crippen molar-refractivity contribution >= 4 is 21.6 Å². The molecule has 0 saturated carbocycles. The van der Waals surface area contributed by atoms with E-state index in [1.54, 1.807) is 0 Å². The second kappa shape index (κ2) is 8.43. The highest BCUT2D eigenvalue weighted by molar-refractivity contribution is 7.92. The van der Waals surface area contributed by atoms with Crippen LogP contribution >= 0.6 is 0 Å². The Morgan fingerprint density at radius 2 is 1.89 bits per heavy atom. The van der Waals surface area contributed by atoms with E-state index in [1.807, 2.05) is 45.9 Å². The van der Waals surface area contributed by atoms with E-state index in [2.05, 4.69) is 10.0 Å². The number of aryl methyl sites for hydroxylation is 2. The van der Waals surface area contributed by atoms with Crippen molar-refractivity contribution in [3.8, 4) is 5.75 Å². The van der Waals surface area contributed by atoms with Crippen LogP contribution in [0.3, 0.4) is 0 Å². The van der Waals surface area contributed by atoms with Gasteiger partial charge in [-0.1, -0.05) is 25.1 Å². The molecule has 1 amide bonds. The van der Waals surface area contributed by atoms with Gasteiger partial charge in [-0.25, -0.2) is 8.42 Å². The predicted octanol–water partition coefficient (Wildman–Crippen LogP) is 3.51. The Morgan fingerprint density at radius 3 is 2.48 bits per heavy atom. The van der Waals surface area contributed by atoms with Crippen molar-refractivity contribution in [2.24, 2.45) is 0 Å². The molecule has 2 N–H and O–H groups in total. The lowest BCUT2D eigenvalue weighted by atomic mass is 10.1. The summed E-state index contributed by atoms with van der Waals surface area (Å²) in [5.74, 6) is -0.0683. The Bertz CT molecular complexity index is 937. The van der Waals surface area contributed by atoms with Gasteiger partial charge in [0, 0.05) is 6.04 Å². The summed E-state index contributed by atoms with van der Waals surface area (Å²) < 4.78 is 33.7. The number of rotatable bonds is 7. The number of hydrogen-bond donors (Lipinski definition) is 2. The van der Waals surface area contributed by atoms with Gasteiger partial charge in [-0.2, -0.15) is 0 Å². The summed E-state index contributed by atoms with van der Waals surface area (Å²) >= 11 is 0. The fraction of sp³-hybridized carbons (Fsp3) is 0.350. The van der Waals surface area contributed by atoms with Crippen LogP contribution in [0.15, 0.2) is 41.3 Å². The van der Waals surface area contributed by atoms with E-state index in [1.165, 1.54) is 25.3 Å². The van der Waals surface area contributed by atoms with Crippen LogP contribution < -0.4 is 14.8 Å².